The van der Waals surface area contributed by atoms with Crippen LogP contribution in [0.25, 0.3) is 17.0 Å². The highest BCUT2D eigenvalue weighted by atomic mass is 16.5. The minimum Gasteiger partial charge on any atom is -0.465 e. The van der Waals surface area contributed by atoms with Gasteiger partial charge in [-0.15, -0.1) is 0 Å². The van der Waals surface area contributed by atoms with E-state index in [1.165, 1.54) is 0 Å². The first-order chi connectivity index (χ1) is 13.1. The smallest absolute Gasteiger partial charge is 0.325 e. The Kier molecular flexibility index (Phi) is 5.92. The first-order valence-electron chi connectivity index (χ1n) is 9.28. The molecule has 1 fully saturated rings. The molecule has 1 aliphatic rings. The van der Waals surface area contributed by atoms with Crippen LogP contribution < -0.4 is 5.32 Å². The summed E-state index contributed by atoms with van der Waals surface area (Å²) >= 11 is 0. The molecule has 0 saturated heterocycles. The Morgan fingerprint density at radius 1 is 1.33 bits per heavy atom. The number of esters is 1. The SMILES string of the molecule is CCOC(=O)Cn1cc(/C=C(/C#N)C(=O)NC2CCCC2)c2ccccc21. The highest BCUT2D eigenvalue weighted by Gasteiger charge is 2.20. The van der Waals surface area contributed by atoms with Crippen LogP contribution in [0.1, 0.15) is 38.2 Å². The minimum atomic E-state index is -0.341. The molecule has 6 heteroatoms. The molecule has 1 saturated carbocycles. The van der Waals surface area contributed by atoms with Gasteiger partial charge in [0.15, 0.2) is 0 Å². The van der Waals surface area contributed by atoms with Crippen molar-refractivity contribution in [2.45, 2.75) is 45.2 Å². The molecule has 2 aromatic rings. The largest absolute Gasteiger partial charge is 0.465 e. The number of ether oxygens (including phenoxy) is 1. The van der Waals surface area contributed by atoms with Gasteiger partial charge in [-0.05, 0) is 31.9 Å². The van der Waals surface area contributed by atoms with Crippen molar-refractivity contribution in [3.05, 3.63) is 41.6 Å². The Morgan fingerprint density at radius 3 is 2.78 bits per heavy atom. The van der Waals surface area contributed by atoms with Crippen molar-refractivity contribution in [2.24, 2.45) is 0 Å². The van der Waals surface area contributed by atoms with Crippen LogP contribution in [-0.2, 0) is 20.9 Å². The predicted octanol–water partition coefficient (Wildman–Crippen LogP) is 3.17. The molecule has 0 aliphatic heterocycles. The number of amides is 1. The fraction of sp³-hybridized carbons (Fsp3) is 0.381. The van der Waals surface area contributed by atoms with Crippen LogP contribution in [0.15, 0.2) is 36.0 Å². The summed E-state index contributed by atoms with van der Waals surface area (Å²) in [5.41, 5.74) is 1.65. The third-order valence-corrected chi connectivity index (χ3v) is 4.78. The number of fused-ring (bicyclic) bond motifs is 1. The second-order valence-corrected chi connectivity index (χ2v) is 6.66. The third-order valence-electron chi connectivity index (χ3n) is 4.78. The number of nitrogens with zero attached hydrogens (tertiary/aromatic N) is 2. The molecule has 1 aliphatic carbocycles. The van der Waals surface area contributed by atoms with Crippen molar-refractivity contribution in [1.82, 2.24) is 9.88 Å². The van der Waals surface area contributed by atoms with E-state index in [-0.39, 0.29) is 30.0 Å². The van der Waals surface area contributed by atoms with Gasteiger partial charge in [0.05, 0.1) is 6.61 Å². The van der Waals surface area contributed by atoms with E-state index in [2.05, 4.69) is 5.32 Å². The highest BCUT2D eigenvalue weighted by Crippen LogP contribution is 2.24. The lowest BCUT2D eigenvalue weighted by atomic mass is 10.1. The van der Waals surface area contributed by atoms with Crippen molar-refractivity contribution in [3.8, 4) is 6.07 Å². The lowest BCUT2D eigenvalue weighted by Crippen LogP contribution is -2.33. The number of carbonyl (C=O) groups excluding carboxylic acids is 2. The lowest BCUT2D eigenvalue weighted by Gasteiger charge is -2.10. The monoisotopic (exact) mass is 365 g/mol. The van der Waals surface area contributed by atoms with E-state index in [1.54, 1.807) is 23.8 Å². The molecule has 140 valence electrons. The molecule has 0 unspecified atom stereocenters. The molecule has 0 radical (unpaired) electrons. The number of hydrogen-bond acceptors (Lipinski definition) is 4. The maximum absolute atomic E-state index is 12.5. The van der Waals surface area contributed by atoms with Crippen LogP contribution in [0.3, 0.4) is 0 Å². The van der Waals surface area contributed by atoms with Crippen LogP contribution in [0.4, 0.5) is 0 Å². The first-order valence-corrected chi connectivity index (χ1v) is 9.28. The van der Waals surface area contributed by atoms with Crippen molar-refractivity contribution < 1.29 is 14.3 Å². The first kappa shape index (κ1) is 18.7. The summed E-state index contributed by atoms with van der Waals surface area (Å²) in [5.74, 6) is -0.667. The number of benzene rings is 1. The van der Waals surface area contributed by atoms with Crippen LogP contribution in [0.5, 0.6) is 0 Å². The standard InChI is InChI=1S/C21H23N3O3/c1-2-27-20(25)14-24-13-16(18-9-5-6-10-19(18)24)11-15(12-22)21(26)23-17-7-3-4-8-17/h5-6,9-11,13,17H,2-4,7-8,14H2,1H3,(H,23,26)/b15-11-. The van der Waals surface area contributed by atoms with E-state index in [1.807, 2.05) is 30.3 Å². The van der Waals surface area contributed by atoms with Gasteiger partial charge in [0.1, 0.15) is 18.2 Å². The van der Waals surface area contributed by atoms with Gasteiger partial charge in [-0.2, -0.15) is 5.26 Å². The molecule has 0 bridgehead atoms. The Balaban J connectivity index is 1.90. The Labute approximate surface area is 158 Å². The van der Waals surface area contributed by atoms with Crippen LogP contribution in [0, 0.1) is 11.3 Å². The lowest BCUT2D eigenvalue weighted by molar-refractivity contribution is -0.143. The molecule has 1 heterocycles. The number of para-hydroxylation sites is 1. The molecule has 6 nitrogen and oxygen atoms in total. The van der Waals surface area contributed by atoms with E-state index in [0.717, 1.165) is 42.1 Å². The zero-order valence-electron chi connectivity index (χ0n) is 15.4. The summed E-state index contributed by atoms with van der Waals surface area (Å²) in [6, 6.07) is 9.74. The van der Waals surface area contributed by atoms with E-state index < -0.39 is 0 Å². The fourth-order valence-corrected chi connectivity index (χ4v) is 3.50. The summed E-state index contributed by atoms with van der Waals surface area (Å²) in [7, 11) is 0. The Morgan fingerprint density at radius 2 is 2.07 bits per heavy atom. The number of hydrogen-bond donors (Lipinski definition) is 1. The van der Waals surface area contributed by atoms with Crippen molar-refractivity contribution in [2.75, 3.05) is 6.61 Å². The summed E-state index contributed by atoms with van der Waals surface area (Å²) < 4.78 is 6.81. The van der Waals surface area contributed by atoms with E-state index >= 15 is 0 Å². The molecular formula is C21H23N3O3. The minimum absolute atomic E-state index is 0.0703. The van der Waals surface area contributed by atoms with Crippen LogP contribution >= 0.6 is 0 Å². The van der Waals surface area contributed by atoms with Crippen molar-refractivity contribution in [1.29, 1.82) is 5.26 Å². The second kappa shape index (κ2) is 8.54. The topological polar surface area (TPSA) is 84.1 Å². The molecule has 0 spiro atoms. The van der Waals surface area contributed by atoms with Gasteiger partial charge in [-0.3, -0.25) is 9.59 Å². The van der Waals surface area contributed by atoms with Gasteiger partial charge in [-0.1, -0.05) is 31.0 Å². The van der Waals surface area contributed by atoms with Gasteiger partial charge in [-0.25, -0.2) is 0 Å². The molecule has 1 aromatic heterocycles. The summed E-state index contributed by atoms with van der Waals surface area (Å²) in [6.07, 6.45) is 7.51. The number of nitrogens with one attached hydrogen (secondary N) is 1. The quantitative estimate of drug-likeness (QED) is 0.484. The molecule has 1 aromatic carbocycles. The fourth-order valence-electron chi connectivity index (χ4n) is 3.50. The number of nitriles is 1. The van der Waals surface area contributed by atoms with E-state index in [4.69, 9.17) is 4.74 Å². The molecule has 3 rings (SSSR count). The Bertz CT molecular complexity index is 914. The molecule has 27 heavy (non-hydrogen) atoms. The maximum atomic E-state index is 12.5. The Hall–Kier alpha value is -3.07. The molecular weight excluding hydrogens is 342 g/mol. The maximum Gasteiger partial charge on any atom is 0.325 e. The van der Waals surface area contributed by atoms with Gasteiger partial charge < -0.3 is 14.6 Å². The van der Waals surface area contributed by atoms with Crippen molar-refractivity contribution in [3.63, 3.8) is 0 Å². The van der Waals surface area contributed by atoms with Gasteiger partial charge in [0.25, 0.3) is 5.91 Å². The van der Waals surface area contributed by atoms with Crippen LogP contribution in [0.2, 0.25) is 0 Å². The highest BCUT2D eigenvalue weighted by molar-refractivity contribution is 6.04. The predicted molar refractivity (Wildman–Crippen MR) is 103 cm³/mol. The molecule has 1 N–H and O–H groups in total. The number of aromatic nitrogens is 1. The normalized spacial score (nSPS) is 14.9. The second-order valence-electron chi connectivity index (χ2n) is 6.66. The zero-order chi connectivity index (χ0) is 19.2. The molecule has 0 atom stereocenters. The van der Waals surface area contributed by atoms with E-state index in [0.29, 0.717) is 6.61 Å². The van der Waals surface area contributed by atoms with Gasteiger partial charge in [0.2, 0.25) is 0 Å². The van der Waals surface area contributed by atoms with Gasteiger partial charge >= 0.3 is 5.97 Å². The number of rotatable bonds is 6. The molecule has 1 amide bonds. The van der Waals surface area contributed by atoms with Crippen LogP contribution in [-0.4, -0.2) is 29.1 Å². The zero-order valence-corrected chi connectivity index (χ0v) is 15.4. The summed E-state index contributed by atoms with van der Waals surface area (Å²) in [6.45, 7) is 2.17. The van der Waals surface area contributed by atoms with Gasteiger partial charge in [0, 0.05) is 28.7 Å². The summed E-state index contributed by atoms with van der Waals surface area (Å²) in [5, 5.41) is 13.3. The summed E-state index contributed by atoms with van der Waals surface area (Å²) in [4.78, 5) is 24.3. The van der Waals surface area contributed by atoms with E-state index in [9.17, 15) is 14.9 Å². The third kappa shape index (κ3) is 4.37. The average molecular weight is 365 g/mol. The number of carbonyl (C=O) groups is 2. The average Bonchev–Trinajstić information content (AvgIpc) is 3.28. The van der Waals surface area contributed by atoms with Crippen molar-refractivity contribution >= 4 is 28.9 Å².